The van der Waals surface area contributed by atoms with Gasteiger partial charge in [0.05, 0.1) is 12.7 Å². The van der Waals surface area contributed by atoms with Gasteiger partial charge in [0, 0.05) is 18.7 Å². The van der Waals surface area contributed by atoms with Crippen LogP contribution in [0.4, 0.5) is 0 Å². The van der Waals surface area contributed by atoms with Gasteiger partial charge in [0.2, 0.25) is 5.89 Å². The molecule has 0 aliphatic heterocycles. The highest BCUT2D eigenvalue weighted by Gasteiger charge is 2.11. The molecule has 0 atom stereocenters. The molecule has 2 aromatic carbocycles. The molecule has 4 aromatic rings. The number of carbonyl (C=O) groups is 1. The maximum Gasteiger partial charge on any atom is 0.228 e. The summed E-state index contributed by atoms with van der Waals surface area (Å²) < 4.78 is 16.9. The molecule has 0 fully saturated rings. The van der Waals surface area contributed by atoms with Gasteiger partial charge in [-0.05, 0) is 42.0 Å². The molecule has 0 N–H and O–H groups in total. The number of rotatable bonds is 7. The molecule has 0 bridgehead atoms. The number of hydrogen-bond donors (Lipinski definition) is 0. The molecule has 0 radical (unpaired) electrons. The van der Waals surface area contributed by atoms with Crippen molar-refractivity contribution in [3.8, 4) is 23.0 Å². The number of ether oxygens (including phenoxy) is 2. The molecule has 6 nitrogen and oxygen atoms in total. The highest BCUT2D eigenvalue weighted by Crippen LogP contribution is 2.27. The fraction of sp³-hybridized carbons (Fsp3) is 0.174. The average molecular weight is 388 g/mol. The minimum atomic E-state index is 0.00719. The summed E-state index contributed by atoms with van der Waals surface area (Å²) in [6, 6.07) is 16.7. The Labute approximate surface area is 168 Å². The molecule has 0 unspecified atom stereocenters. The first-order chi connectivity index (χ1) is 14.2. The third-order valence-corrected chi connectivity index (χ3v) is 4.54. The van der Waals surface area contributed by atoms with Crippen LogP contribution in [0.2, 0.25) is 0 Å². The van der Waals surface area contributed by atoms with Gasteiger partial charge >= 0.3 is 0 Å². The fourth-order valence-electron chi connectivity index (χ4n) is 2.88. The molecule has 0 spiro atoms. The van der Waals surface area contributed by atoms with E-state index >= 15 is 0 Å². The number of hydrogen-bond acceptors (Lipinski definition) is 6. The summed E-state index contributed by atoms with van der Waals surface area (Å²) in [5.41, 5.74) is 3.56. The van der Waals surface area contributed by atoms with E-state index in [4.69, 9.17) is 13.9 Å². The van der Waals surface area contributed by atoms with E-state index in [2.05, 4.69) is 9.97 Å². The van der Waals surface area contributed by atoms with Gasteiger partial charge in [0.25, 0.3) is 0 Å². The molecular formula is C23H20N2O4. The fourth-order valence-corrected chi connectivity index (χ4v) is 2.88. The lowest BCUT2D eigenvalue weighted by Crippen LogP contribution is -1.99. The summed E-state index contributed by atoms with van der Waals surface area (Å²) in [6.45, 7) is 2.25. The van der Waals surface area contributed by atoms with E-state index in [-0.39, 0.29) is 5.78 Å². The Balaban J connectivity index is 1.50. The third-order valence-electron chi connectivity index (χ3n) is 4.54. The van der Waals surface area contributed by atoms with Crippen LogP contribution in [0.25, 0.3) is 22.6 Å². The Morgan fingerprint density at radius 1 is 1.03 bits per heavy atom. The van der Waals surface area contributed by atoms with Gasteiger partial charge in [0.1, 0.15) is 29.3 Å². The largest absolute Gasteiger partial charge is 0.497 e. The first-order valence-electron chi connectivity index (χ1n) is 9.32. The van der Waals surface area contributed by atoms with Crippen LogP contribution in [0.3, 0.4) is 0 Å². The zero-order valence-corrected chi connectivity index (χ0v) is 16.2. The van der Waals surface area contributed by atoms with Crippen LogP contribution in [0.15, 0.2) is 65.2 Å². The van der Waals surface area contributed by atoms with Crippen molar-refractivity contribution in [3.63, 3.8) is 0 Å². The Morgan fingerprint density at radius 3 is 2.52 bits per heavy atom. The minimum Gasteiger partial charge on any atom is -0.497 e. The van der Waals surface area contributed by atoms with Gasteiger partial charge in [-0.25, -0.2) is 4.98 Å². The summed E-state index contributed by atoms with van der Waals surface area (Å²) in [5.74, 6) is 1.98. The minimum absolute atomic E-state index is 0.00719. The highest BCUT2D eigenvalue weighted by atomic mass is 16.5. The normalized spacial score (nSPS) is 10.8. The number of aromatic nitrogens is 2. The molecule has 146 valence electrons. The van der Waals surface area contributed by atoms with E-state index in [1.807, 2.05) is 49.4 Å². The van der Waals surface area contributed by atoms with Crippen LogP contribution in [0.5, 0.6) is 11.5 Å². The van der Waals surface area contributed by atoms with Crippen molar-refractivity contribution in [2.75, 3.05) is 7.11 Å². The molecule has 4 rings (SSSR count). The molecule has 0 aliphatic carbocycles. The van der Waals surface area contributed by atoms with Gasteiger partial charge in [0.15, 0.2) is 11.4 Å². The van der Waals surface area contributed by atoms with Crippen LogP contribution < -0.4 is 9.47 Å². The van der Waals surface area contributed by atoms with Gasteiger partial charge < -0.3 is 13.9 Å². The Hall–Kier alpha value is -3.67. The summed E-state index contributed by atoms with van der Waals surface area (Å²) in [5, 5.41) is 0. The van der Waals surface area contributed by atoms with Crippen molar-refractivity contribution in [1.82, 2.24) is 9.97 Å². The van der Waals surface area contributed by atoms with E-state index in [1.165, 1.54) is 0 Å². The van der Waals surface area contributed by atoms with Crippen molar-refractivity contribution in [3.05, 3.63) is 72.1 Å². The van der Waals surface area contributed by atoms with Crippen molar-refractivity contribution in [2.24, 2.45) is 0 Å². The third kappa shape index (κ3) is 4.11. The quantitative estimate of drug-likeness (QED) is 0.412. The topological polar surface area (TPSA) is 74.5 Å². The van der Waals surface area contributed by atoms with E-state index in [0.29, 0.717) is 41.5 Å². The number of carbonyl (C=O) groups excluding carboxylic acids is 1. The predicted octanol–water partition coefficient (Wildman–Crippen LogP) is 5.07. The van der Waals surface area contributed by atoms with Crippen LogP contribution >= 0.6 is 0 Å². The molecule has 0 aliphatic rings. The van der Waals surface area contributed by atoms with E-state index in [1.54, 1.807) is 25.4 Å². The molecule has 2 aromatic heterocycles. The second kappa shape index (κ2) is 8.14. The number of pyridine rings is 1. The summed E-state index contributed by atoms with van der Waals surface area (Å²) in [4.78, 5) is 20.4. The summed E-state index contributed by atoms with van der Waals surface area (Å²) >= 11 is 0. The van der Waals surface area contributed by atoms with E-state index < -0.39 is 0 Å². The smallest absolute Gasteiger partial charge is 0.228 e. The Morgan fingerprint density at radius 2 is 1.83 bits per heavy atom. The maximum absolute atomic E-state index is 11.7. The zero-order chi connectivity index (χ0) is 20.2. The van der Waals surface area contributed by atoms with Crippen molar-refractivity contribution in [1.29, 1.82) is 0 Å². The summed E-state index contributed by atoms with van der Waals surface area (Å²) in [6.07, 6.45) is 2.03. The number of Topliss-reactive ketones (excluding diaryl/α,β-unsaturated/α-hetero) is 1. The molecule has 0 saturated carbocycles. The second-order valence-electron chi connectivity index (χ2n) is 6.49. The average Bonchev–Trinajstić information content (AvgIpc) is 3.21. The number of oxazole rings is 1. The van der Waals surface area contributed by atoms with Gasteiger partial charge in [-0.15, -0.1) is 0 Å². The van der Waals surface area contributed by atoms with Crippen LogP contribution in [-0.2, 0) is 6.61 Å². The summed E-state index contributed by atoms with van der Waals surface area (Å²) in [7, 11) is 1.64. The van der Waals surface area contributed by atoms with E-state index in [9.17, 15) is 4.79 Å². The Kier molecular flexibility index (Phi) is 5.24. The number of benzene rings is 2. The number of ketones is 1. The second-order valence-corrected chi connectivity index (χ2v) is 6.49. The van der Waals surface area contributed by atoms with Crippen molar-refractivity contribution in [2.45, 2.75) is 20.0 Å². The van der Waals surface area contributed by atoms with E-state index in [0.717, 1.165) is 16.9 Å². The predicted molar refractivity (Wildman–Crippen MR) is 109 cm³/mol. The van der Waals surface area contributed by atoms with Gasteiger partial charge in [-0.1, -0.05) is 19.1 Å². The molecule has 0 amide bonds. The molecule has 2 heterocycles. The van der Waals surface area contributed by atoms with Gasteiger partial charge in [-0.2, -0.15) is 0 Å². The first kappa shape index (κ1) is 18.7. The molecular weight excluding hydrogens is 368 g/mol. The number of methoxy groups -OCH3 is 1. The maximum atomic E-state index is 11.7. The standard InChI is InChI=1S/C23H20N2O4/c1-3-21(26)19-10-6-16(13-24-19)23-25-20-12-18(9-11-22(20)29-23)28-14-15-4-7-17(27-2)8-5-15/h4-13H,3,14H2,1-2H3. The lowest BCUT2D eigenvalue weighted by Gasteiger charge is -2.06. The molecule has 0 saturated heterocycles. The van der Waals surface area contributed by atoms with Crippen LogP contribution in [-0.4, -0.2) is 22.9 Å². The zero-order valence-electron chi connectivity index (χ0n) is 16.2. The van der Waals surface area contributed by atoms with Crippen LogP contribution in [0, 0.1) is 0 Å². The molecule has 29 heavy (non-hydrogen) atoms. The monoisotopic (exact) mass is 388 g/mol. The Bertz CT molecular complexity index is 1130. The van der Waals surface area contributed by atoms with Crippen LogP contribution in [0.1, 0.15) is 29.4 Å². The first-order valence-corrected chi connectivity index (χ1v) is 9.32. The number of fused-ring (bicyclic) bond motifs is 1. The number of nitrogens with zero attached hydrogens (tertiary/aromatic N) is 2. The van der Waals surface area contributed by atoms with Crippen molar-refractivity contribution >= 4 is 16.9 Å². The highest BCUT2D eigenvalue weighted by molar-refractivity contribution is 5.94. The SMILES string of the molecule is CCC(=O)c1ccc(-c2nc3cc(OCc4ccc(OC)cc4)ccc3o2)cn1. The van der Waals surface area contributed by atoms with Gasteiger partial charge in [-0.3, -0.25) is 9.78 Å². The molecule has 6 heteroatoms. The van der Waals surface area contributed by atoms with Crippen molar-refractivity contribution < 1.29 is 18.7 Å². The lowest BCUT2D eigenvalue weighted by atomic mass is 10.2. The lowest BCUT2D eigenvalue weighted by molar-refractivity contribution is 0.0983.